The summed E-state index contributed by atoms with van der Waals surface area (Å²) in [7, 11) is 0. The Morgan fingerprint density at radius 1 is 1.45 bits per heavy atom. The van der Waals surface area contributed by atoms with Crippen molar-refractivity contribution in [1.29, 1.82) is 0 Å². The first kappa shape index (κ1) is 15.7. The predicted molar refractivity (Wildman–Crippen MR) is 83.2 cm³/mol. The van der Waals surface area contributed by atoms with Crippen molar-refractivity contribution in [1.82, 2.24) is 4.90 Å². The maximum Gasteiger partial charge on any atom is 0.235 e. The fourth-order valence-electron chi connectivity index (χ4n) is 2.47. The van der Waals surface area contributed by atoms with Gasteiger partial charge < -0.3 is 10.0 Å². The number of amides is 1. The zero-order valence-electron chi connectivity index (χ0n) is 11.8. The van der Waals surface area contributed by atoms with E-state index in [2.05, 4.69) is 0 Å². The molecule has 0 bridgehead atoms. The summed E-state index contributed by atoms with van der Waals surface area (Å²) in [6, 6.07) is 7.48. The van der Waals surface area contributed by atoms with E-state index in [-0.39, 0.29) is 11.2 Å². The summed E-state index contributed by atoms with van der Waals surface area (Å²) in [5.41, 5.74) is -0.658. The van der Waals surface area contributed by atoms with Crippen molar-refractivity contribution in [2.45, 2.75) is 42.4 Å². The molecule has 1 fully saturated rings. The zero-order chi connectivity index (χ0) is 14.8. The lowest BCUT2D eigenvalue weighted by atomic mass is 9.89. The van der Waals surface area contributed by atoms with Crippen molar-refractivity contribution in [3.05, 3.63) is 29.3 Å². The Balaban J connectivity index is 1.86. The van der Waals surface area contributed by atoms with Crippen molar-refractivity contribution in [2.24, 2.45) is 0 Å². The largest absolute Gasteiger partial charge is 0.386 e. The van der Waals surface area contributed by atoms with E-state index in [4.69, 9.17) is 11.6 Å². The number of carbonyl (C=O) groups is 1. The highest BCUT2D eigenvalue weighted by atomic mass is 35.5. The van der Waals surface area contributed by atoms with E-state index < -0.39 is 5.60 Å². The number of hydrogen-bond acceptors (Lipinski definition) is 3. The van der Waals surface area contributed by atoms with Crippen LogP contribution in [0.1, 0.15) is 26.7 Å². The van der Waals surface area contributed by atoms with Gasteiger partial charge in [-0.25, -0.2) is 0 Å². The quantitative estimate of drug-likeness (QED) is 0.849. The number of nitrogens with zero attached hydrogens (tertiary/aromatic N) is 1. The predicted octanol–water partition coefficient (Wildman–Crippen LogP) is 3.19. The number of β-amino-alcohol motifs (C(OH)–C–C–N with tert-alkyl or cyclic N) is 1. The van der Waals surface area contributed by atoms with Crippen molar-refractivity contribution in [2.75, 3.05) is 13.1 Å². The summed E-state index contributed by atoms with van der Waals surface area (Å²) in [6.45, 7) is 4.87. The monoisotopic (exact) mass is 313 g/mol. The van der Waals surface area contributed by atoms with E-state index in [1.807, 2.05) is 38.1 Å². The Hall–Kier alpha value is -0.710. The summed E-state index contributed by atoms with van der Waals surface area (Å²) in [6.07, 6.45) is 1.70. The Morgan fingerprint density at radius 3 is 2.60 bits per heavy atom. The summed E-state index contributed by atoms with van der Waals surface area (Å²) in [5, 5.41) is 10.7. The van der Waals surface area contributed by atoms with Crippen LogP contribution < -0.4 is 0 Å². The first-order valence-corrected chi connectivity index (χ1v) is 8.13. The van der Waals surface area contributed by atoms with E-state index in [0.29, 0.717) is 18.1 Å². The van der Waals surface area contributed by atoms with Gasteiger partial charge in [0.2, 0.25) is 5.91 Å². The van der Waals surface area contributed by atoms with E-state index in [1.165, 1.54) is 11.8 Å². The van der Waals surface area contributed by atoms with Gasteiger partial charge in [-0.3, -0.25) is 4.79 Å². The highest BCUT2D eigenvalue weighted by Gasteiger charge is 2.43. The second-order valence-electron chi connectivity index (χ2n) is 5.38. The number of hydrogen-bond donors (Lipinski definition) is 1. The molecule has 1 amide bonds. The average Bonchev–Trinajstić information content (AvgIpc) is 2.38. The maximum absolute atomic E-state index is 12.3. The van der Waals surface area contributed by atoms with Gasteiger partial charge in [0.05, 0.1) is 23.9 Å². The van der Waals surface area contributed by atoms with Crippen molar-refractivity contribution < 1.29 is 9.90 Å². The molecule has 0 saturated carbocycles. The average molecular weight is 314 g/mol. The Labute approximate surface area is 129 Å². The molecule has 1 unspecified atom stereocenters. The third kappa shape index (κ3) is 3.68. The molecular formula is C15H20ClNO2S. The molecule has 1 aliphatic heterocycles. The first-order valence-electron chi connectivity index (χ1n) is 6.87. The van der Waals surface area contributed by atoms with E-state index >= 15 is 0 Å². The SMILES string of the molecule is CCCC1(O)CN(C(=O)C(C)Sc2ccc(Cl)cc2)C1. The van der Waals surface area contributed by atoms with Crippen LogP contribution in [-0.2, 0) is 4.79 Å². The van der Waals surface area contributed by atoms with Gasteiger partial charge in [0, 0.05) is 9.92 Å². The minimum absolute atomic E-state index is 0.0886. The fraction of sp³-hybridized carbons (Fsp3) is 0.533. The third-order valence-corrected chi connectivity index (χ3v) is 4.82. The molecule has 0 aromatic heterocycles. The Morgan fingerprint density at radius 2 is 2.05 bits per heavy atom. The summed E-state index contributed by atoms with van der Waals surface area (Å²) < 4.78 is 0. The molecule has 2 rings (SSSR count). The van der Waals surface area contributed by atoms with Gasteiger partial charge in [0.25, 0.3) is 0 Å². The number of carbonyl (C=O) groups excluding carboxylic acids is 1. The molecule has 3 nitrogen and oxygen atoms in total. The standard InChI is InChI=1S/C15H20ClNO2S/c1-3-8-15(19)9-17(10-15)14(18)11(2)20-13-6-4-12(16)5-7-13/h4-7,11,19H,3,8-10H2,1-2H3. The van der Waals surface area contributed by atoms with Gasteiger partial charge in [-0.05, 0) is 37.6 Å². The van der Waals surface area contributed by atoms with Crippen LogP contribution in [0.2, 0.25) is 5.02 Å². The van der Waals surface area contributed by atoms with Crippen molar-refractivity contribution >= 4 is 29.3 Å². The van der Waals surface area contributed by atoms with Crippen LogP contribution in [0.25, 0.3) is 0 Å². The molecular weight excluding hydrogens is 294 g/mol. The van der Waals surface area contributed by atoms with Crippen LogP contribution in [0.3, 0.4) is 0 Å². The number of likely N-dealkylation sites (tertiary alicyclic amines) is 1. The van der Waals surface area contributed by atoms with Gasteiger partial charge in [-0.1, -0.05) is 24.9 Å². The molecule has 1 atom stereocenters. The molecule has 1 saturated heterocycles. The van der Waals surface area contributed by atoms with Crippen LogP contribution in [0, 0.1) is 0 Å². The molecule has 0 aliphatic carbocycles. The van der Waals surface area contributed by atoms with Crippen LogP contribution >= 0.6 is 23.4 Å². The molecule has 0 radical (unpaired) electrons. The molecule has 1 aromatic rings. The summed E-state index contributed by atoms with van der Waals surface area (Å²) in [5.74, 6) is 0.0886. The molecule has 1 N–H and O–H groups in total. The lowest BCUT2D eigenvalue weighted by molar-refractivity contribution is -0.155. The van der Waals surface area contributed by atoms with Crippen LogP contribution in [0.15, 0.2) is 29.2 Å². The van der Waals surface area contributed by atoms with Gasteiger partial charge in [0.15, 0.2) is 0 Å². The third-order valence-electron chi connectivity index (χ3n) is 3.47. The Bertz CT molecular complexity index is 471. The minimum Gasteiger partial charge on any atom is -0.386 e. The second-order valence-corrected chi connectivity index (χ2v) is 7.23. The van der Waals surface area contributed by atoms with E-state index in [9.17, 15) is 9.90 Å². The summed E-state index contributed by atoms with van der Waals surface area (Å²) in [4.78, 5) is 15.0. The fourth-order valence-corrected chi connectivity index (χ4v) is 3.55. The lowest BCUT2D eigenvalue weighted by Gasteiger charge is -2.47. The molecule has 1 aliphatic rings. The molecule has 1 aromatic carbocycles. The minimum atomic E-state index is -0.658. The number of thioether (sulfide) groups is 1. The van der Waals surface area contributed by atoms with Crippen LogP contribution in [0.4, 0.5) is 0 Å². The highest BCUT2D eigenvalue weighted by Crippen LogP contribution is 2.30. The Kier molecular flexibility index (Phi) is 4.99. The van der Waals surface area contributed by atoms with E-state index in [1.54, 1.807) is 4.90 Å². The number of benzene rings is 1. The first-order chi connectivity index (χ1) is 9.43. The molecule has 5 heteroatoms. The maximum atomic E-state index is 12.3. The number of aliphatic hydroxyl groups is 1. The van der Waals surface area contributed by atoms with E-state index in [0.717, 1.165) is 17.7 Å². The molecule has 1 heterocycles. The summed E-state index contributed by atoms with van der Waals surface area (Å²) >= 11 is 7.36. The second kappa shape index (κ2) is 6.37. The van der Waals surface area contributed by atoms with Gasteiger partial charge in [-0.2, -0.15) is 0 Å². The highest BCUT2D eigenvalue weighted by molar-refractivity contribution is 8.00. The molecule has 0 spiro atoms. The topological polar surface area (TPSA) is 40.5 Å². The lowest BCUT2D eigenvalue weighted by Crippen LogP contribution is -2.64. The van der Waals surface area contributed by atoms with Crippen LogP contribution in [0.5, 0.6) is 0 Å². The molecule has 20 heavy (non-hydrogen) atoms. The van der Waals surface area contributed by atoms with Gasteiger partial charge in [0.1, 0.15) is 0 Å². The van der Waals surface area contributed by atoms with Gasteiger partial charge in [-0.15, -0.1) is 11.8 Å². The van der Waals surface area contributed by atoms with Crippen LogP contribution in [-0.4, -0.2) is 39.9 Å². The molecule has 110 valence electrons. The normalized spacial score (nSPS) is 18.5. The van der Waals surface area contributed by atoms with Crippen molar-refractivity contribution in [3.8, 4) is 0 Å². The van der Waals surface area contributed by atoms with Crippen molar-refractivity contribution in [3.63, 3.8) is 0 Å². The number of halogens is 1. The zero-order valence-corrected chi connectivity index (χ0v) is 13.4. The number of rotatable bonds is 5. The smallest absolute Gasteiger partial charge is 0.235 e. The van der Waals surface area contributed by atoms with Gasteiger partial charge >= 0.3 is 0 Å².